The molecule has 0 atom stereocenters. The van der Waals surface area contributed by atoms with Crippen molar-refractivity contribution in [2.24, 2.45) is 5.73 Å². The van der Waals surface area contributed by atoms with Crippen molar-refractivity contribution in [1.29, 1.82) is 0 Å². The summed E-state index contributed by atoms with van der Waals surface area (Å²) < 4.78 is 27.2. The second-order valence-electron chi connectivity index (χ2n) is 4.97. The summed E-state index contributed by atoms with van der Waals surface area (Å²) in [5.74, 6) is 0. The first kappa shape index (κ1) is 16.1. The highest BCUT2D eigenvalue weighted by Crippen LogP contribution is 2.21. The van der Waals surface area contributed by atoms with Crippen molar-refractivity contribution < 1.29 is 8.42 Å². The Bertz CT molecular complexity index is 501. The van der Waals surface area contributed by atoms with Gasteiger partial charge in [0.15, 0.2) is 0 Å². The second-order valence-corrected chi connectivity index (χ2v) is 6.68. The third-order valence-electron chi connectivity index (χ3n) is 3.05. The quantitative estimate of drug-likeness (QED) is 0.752. The molecule has 0 unspecified atom stereocenters. The van der Waals surface area contributed by atoms with Crippen LogP contribution in [0.25, 0.3) is 0 Å². The third-order valence-corrected chi connectivity index (χ3v) is 4.81. The molecular formula is C14H24N2O2S. The van der Waals surface area contributed by atoms with E-state index >= 15 is 0 Å². The van der Waals surface area contributed by atoms with Crippen LogP contribution in [0.2, 0.25) is 0 Å². The molecule has 0 radical (unpaired) electrons. The van der Waals surface area contributed by atoms with Crippen molar-refractivity contribution in [3.05, 3.63) is 28.8 Å². The van der Waals surface area contributed by atoms with E-state index in [2.05, 4.69) is 4.72 Å². The Hall–Kier alpha value is -0.910. The highest BCUT2D eigenvalue weighted by molar-refractivity contribution is 7.89. The van der Waals surface area contributed by atoms with Crippen LogP contribution in [0.3, 0.4) is 0 Å². The van der Waals surface area contributed by atoms with Gasteiger partial charge in [0.2, 0.25) is 10.0 Å². The normalized spacial score (nSPS) is 11.8. The summed E-state index contributed by atoms with van der Waals surface area (Å²) in [6.45, 7) is 6.76. The topological polar surface area (TPSA) is 72.2 Å². The predicted octanol–water partition coefficient (Wildman–Crippen LogP) is 2.02. The van der Waals surface area contributed by atoms with Crippen LogP contribution in [0.15, 0.2) is 17.0 Å². The maximum Gasteiger partial charge on any atom is 0.241 e. The van der Waals surface area contributed by atoms with Gasteiger partial charge in [-0.1, -0.05) is 24.1 Å². The minimum absolute atomic E-state index is 0.414. The van der Waals surface area contributed by atoms with Crippen LogP contribution in [0.5, 0.6) is 0 Å². The molecule has 0 aliphatic rings. The molecule has 0 aliphatic carbocycles. The van der Waals surface area contributed by atoms with Crippen LogP contribution in [-0.2, 0) is 10.0 Å². The Morgan fingerprint density at radius 1 is 1.05 bits per heavy atom. The smallest absolute Gasteiger partial charge is 0.241 e. The van der Waals surface area contributed by atoms with Gasteiger partial charge < -0.3 is 5.73 Å². The SMILES string of the molecule is Cc1cc(C)c(S(=O)(=O)NCCCCCN)c(C)c1. The number of sulfonamides is 1. The molecule has 0 heterocycles. The van der Waals surface area contributed by atoms with Gasteiger partial charge in [-0.05, 0) is 51.3 Å². The van der Waals surface area contributed by atoms with Crippen molar-refractivity contribution >= 4 is 10.0 Å². The Balaban J connectivity index is 2.78. The van der Waals surface area contributed by atoms with Crippen LogP contribution in [0, 0.1) is 20.8 Å². The zero-order chi connectivity index (χ0) is 14.5. The lowest BCUT2D eigenvalue weighted by Crippen LogP contribution is -2.26. The van der Waals surface area contributed by atoms with Gasteiger partial charge in [0.25, 0.3) is 0 Å². The van der Waals surface area contributed by atoms with Gasteiger partial charge >= 0.3 is 0 Å². The molecule has 4 nitrogen and oxygen atoms in total. The molecule has 0 aliphatic heterocycles. The van der Waals surface area contributed by atoms with Crippen LogP contribution >= 0.6 is 0 Å². The summed E-state index contributed by atoms with van der Waals surface area (Å²) in [6.07, 6.45) is 2.70. The minimum Gasteiger partial charge on any atom is -0.330 e. The molecule has 0 fully saturated rings. The highest BCUT2D eigenvalue weighted by atomic mass is 32.2. The molecule has 0 saturated heterocycles. The Kier molecular flexibility index (Phi) is 5.97. The molecule has 5 heteroatoms. The molecule has 1 aromatic carbocycles. The maximum absolute atomic E-state index is 12.3. The molecule has 0 bridgehead atoms. The van der Waals surface area contributed by atoms with Crippen molar-refractivity contribution in [3.8, 4) is 0 Å². The fraction of sp³-hybridized carbons (Fsp3) is 0.571. The highest BCUT2D eigenvalue weighted by Gasteiger charge is 2.18. The summed E-state index contributed by atoms with van der Waals surface area (Å²) in [7, 11) is -3.41. The summed E-state index contributed by atoms with van der Waals surface area (Å²) in [5.41, 5.74) is 8.08. The Morgan fingerprint density at radius 3 is 2.16 bits per heavy atom. The van der Waals surface area contributed by atoms with Crippen LogP contribution in [-0.4, -0.2) is 21.5 Å². The van der Waals surface area contributed by atoms with E-state index in [0.29, 0.717) is 18.0 Å². The van der Waals surface area contributed by atoms with Gasteiger partial charge in [0, 0.05) is 6.54 Å². The summed E-state index contributed by atoms with van der Waals surface area (Å²) in [6, 6.07) is 3.80. The monoisotopic (exact) mass is 284 g/mol. The molecular weight excluding hydrogens is 260 g/mol. The number of nitrogens with two attached hydrogens (primary N) is 1. The Labute approximate surface area is 116 Å². The molecule has 0 amide bonds. The molecule has 0 saturated carbocycles. The lowest BCUT2D eigenvalue weighted by molar-refractivity contribution is 0.573. The molecule has 0 aromatic heterocycles. The van der Waals surface area contributed by atoms with E-state index in [4.69, 9.17) is 5.73 Å². The summed E-state index contributed by atoms with van der Waals surface area (Å²) in [5, 5.41) is 0. The van der Waals surface area contributed by atoms with Crippen molar-refractivity contribution in [2.75, 3.05) is 13.1 Å². The zero-order valence-corrected chi connectivity index (χ0v) is 12.8. The van der Waals surface area contributed by atoms with E-state index in [1.807, 2.05) is 32.9 Å². The molecule has 0 spiro atoms. The van der Waals surface area contributed by atoms with Gasteiger partial charge in [0.1, 0.15) is 0 Å². The van der Waals surface area contributed by atoms with Gasteiger partial charge in [-0.25, -0.2) is 13.1 Å². The number of hydrogen-bond donors (Lipinski definition) is 2. The van der Waals surface area contributed by atoms with E-state index in [0.717, 1.165) is 36.0 Å². The number of nitrogens with one attached hydrogen (secondary N) is 1. The zero-order valence-electron chi connectivity index (χ0n) is 12.0. The molecule has 19 heavy (non-hydrogen) atoms. The largest absolute Gasteiger partial charge is 0.330 e. The summed E-state index contributed by atoms with van der Waals surface area (Å²) in [4.78, 5) is 0.414. The average Bonchev–Trinajstić information content (AvgIpc) is 2.26. The first-order valence-electron chi connectivity index (χ1n) is 6.66. The van der Waals surface area contributed by atoms with E-state index < -0.39 is 10.0 Å². The second kappa shape index (κ2) is 7.03. The third kappa shape index (κ3) is 4.60. The maximum atomic E-state index is 12.3. The van der Waals surface area contributed by atoms with Crippen molar-refractivity contribution in [3.63, 3.8) is 0 Å². The van der Waals surface area contributed by atoms with E-state index in [1.54, 1.807) is 0 Å². The van der Waals surface area contributed by atoms with Gasteiger partial charge in [-0.2, -0.15) is 0 Å². The van der Waals surface area contributed by atoms with Crippen LogP contribution in [0.4, 0.5) is 0 Å². The molecule has 1 rings (SSSR count). The molecule has 3 N–H and O–H groups in total. The number of unbranched alkanes of at least 4 members (excludes halogenated alkanes) is 2. The fourth-order valence-electron chi connectivity index (χ4n) is 2.32. The summed E-state index contributed by atoms with van der Waals surface area (Å²) >= 11 is 0. The van der Waals surface area contributed by atoms with Gasteiger partial charge in [-0.15, -0.1) is 0 Å². The molecule has 1 aromatic rings. The van der Waals surface area contributed by atoms with Crippen molar-refractivity contribution in [2.45, 2.75) is 44.9 Å². The van der Waals surface area contributed by atoms with E-state index in [-0.39, 0.29) is 0 Å². The Morgan fingerprint density at radius 2 is 1.63 bits per heavy atom. The molecule has 108 valence electrons. The standard InChI is InChI=1S/C14H24N2O2S/c1-11-9-12(2)14(13(3)10-11)19(17,18)16-8-6-4-5-7-15/h9-10,16H,4-8,15H2,1-3H3. The fourth-order valence-corrected chi connectivity index (χ4v) is 3.84. The van der Waals surface area contributed by atoms with Gasteiger partial charge in [-0.3, -0.25) is 0 Å². The van der Waals surface area contributed by atoms with Crippen LogP contribution in [0.1, 0.15) is 36.0 Å². The van der Waals surface area contributed by atoms with Gasteiger partial charge in [0.05, 0.1) is 4.90 Å². The van der Waals surface area contributed by atoms with E-state index in [9.17, 15) is 8.42 Å². The lowest BCUT2D eigenvalue weighted by Gasteiger charge is -2.13. The number of benzene rings is 1. The minimum atomic E-state index is -3.41. The number of rotatable bonds is 7. The average molecular weight is 284 g/mol. The van der Waals surface area contributed by atoms with Crippen LogP contribution < -0.4 is 10.5 Å². The number of hydrogen-bond acceptors (Lipinski definition) is 3. The first-order valence-corrected chi connectivity index (χ1v) is 8.14. The van der Waals surface area contributed by atoms with Crippen molar-refractivity contribution in [1.82, 2.24) is 4.72 Å². The predicted molar refractivity (Wildman–Crippen MR) is 78.7 cm³/mol. The van der Waals surface area contributed by atoms with E-state index in [1.165, 1.54) is 0 Å². The first-order chi connectivity index (χ1) is 8.88. The lowest BCUT2D eigenvalue weighted by atomic mass is 10.1. The number of aryl methyl sites for hydroxylation is 3.